The van der Waals surface area contributed by atoms with Crippen LogP contribution in [0.1, 0.15) is 50.0 Å². The Labute approximate surface area is 189 Å². The van der Waals surface area contributed by atoms with Crippen molar-refractivity contribution in [1.82, 2.24) is 9.99 Å². The molecule has 32 heavy (non-hydrogen) atoms. The van der Waals surface area contributed by atoms with Gasteiger partial charge in [-0.15, -0.1) is 0 Å². The highest BCUT2D eigenvalue weighted by Crippen LogP contribution is 2.38. The number of pyridine rings is 1. The minimum atomic E-state index is -0.942. The lowest BCUT2D eigenvalue weighted by Gasteiger charge is -2.23. The zero-order valence-corrected chi connectivity index (χ0v) is 18.2. The van der Waals surface area contributed by atoms with Crippen LogP contribution in [0.3, 0.4) is 0 Å². The van der Waals surface area contributed by atoms with E-state index in [1.807, 2.05) is 31.2 Å². The molecule has 166 valence electrons. The number of nitrogens with zero attached hydrogens (tertiary/aromatic N) is 3. The van der Waals surface area contributed by atoms with E-state index >= 15 is 0 Å². The maximum absolute atomic E-state index is 13.0. The molecule has 1 aromatic carbocycles. The second kappa shape index (κ2) is 9.40. The molecule has 1 aliphatic heterocycles. The van der Waals surface area contributed by atoms with Crippen molar-refractivity contribution in [3.63, 3.8) is 0 Å². The average Bonchev–Trinajstić information content (AvgIpc) is 3.43. The molecule has 0 saturated carbocycles. The number of aromatic nitrogens is 1. The fraction of sp³-hybridized carbons (Fsp3) is 0.304. The van der Waals surface area contributed by atoms with E-state index in [2.05, 4.69) is 10.1 Å². The van der Waals surface area contributed by atoms with Crippen molar-refractivity contribution in [2.45, 2.75) is 38.6 Å². The van der Waals surface area contributed by atoms with Crippen LogP contribution in [0, 0.1) is 0 Å². The number of amides is 1. The van der Waals surface area contributed by atoms with Gasteiger partial charge in [-0.2, -0.15) is 5.10 Å². The van der Waals surface area contributed by atoms with E-state index in [1.165, 1.54) is 5.01 Å². The summed E-state index contributed by atoms with van der Waals surface area (Å²) in [6.07, 6.45) is 2.15. The topological polar surface area (TPSA) is 105 Å². The number of fused-ring (bicyclic) bond motifs is 1. The zero-order chi connectivity index (χ0) is 22.7. The second-order valence-corrected chi connectivity index (χ2v) is 7.74. The molecule has 8 nitrogen and oxygen atoms in total. The average molecular weight is 456 g/mol. The first-order chi connectivity index (χ1) is 15.5. The summed E-state index contributed by atoms with van der Waals surface area (Å²) in [4.78, 5) is 28.3. The van der Waals surface area contributed by atoms with Gasteiger partial charge in [-0.05, 0) is 49.7 Å². The number of aliphatic carboxylic acids is 1. The predicted molar refractivity (Wildman–Crippen MR) is 119 cm³/mol. The number of hydrogen-bond donors (Lipinski definition) is 1. The summed E-state index contributed by atoms with van der Waals surface area (Å²) >= 11 is 6.54. The Bertz CT molecular complexity index is 1180. The third-order valence-electron chi connectivity index (χ3n) is 5.19. The SMILES string of the molecule is CCOc1ccc2nc(Cl)c(C3CC(c4ccco4)=NN3C(=O)CCCC(=O)O)cc2c1. The smallest absolute Gasteiger partial charge is 0.303 e. The van der Waals surface area contributed by atoms with E-state index in [-0.39, 0.29) is 30.3 Å². The monoisotopic (exact) mass is 455 g/mol. The number of furan rings is 1. The Morgan fingerprint density at radius 1 is 1.28 bits per heavy atom. The number of hydrogen-bond acceptors (Lipinski definition) is 6. The number of benzene rings is 1. The van der Waals surface area contributed by atoms with Crippen molar-refractivity contribution in [3.8, 4) is 5.75 Å². The van der Waals surface area contributed by atoms with Gasteiger partial charge in [0.1, 0.15) is 22.4 Å². The van der Waals surface area contributed by atoms with E-state index in [4.69, 9.17) is 25.9 Å². The molecular weight excluding hydrogens is 434 g/mol. The second-order valence-electron chi connectivity index (χ2n) is 7.39. The van der Waals surface area contributed by atoms with Gasteiger partial charge in [0.2, 0.25) is 5.91 Å². The third-order valence-corrected chi connectivity index (χ3v) is 5.49. The molecule has 1 aliphatic rings. The van der Waals surface area contributed by atoms with E-state index in [0.717, 1.165) is 11.1 Å². The molecular formula is C23H22ClN3O5. The lowest BCUT2D eigenvalue weighted by molar-refractivity contribution is -0.137. The first kappa shape index (κ1) is 21.8. The Hall–Kier alpha value is -3.39. The molecule has 0 spiro atoms. The lowest BCUT2D eigenvalue weighted by atomic mass is 10.0. The molecule has 0 bridgehead atoms. The molecule has 4 rings (SSSR count). The molecule has 0 fully saturated rings. The van der Waals surface area contributed by atoms with E-state index < -0.39 is 12.0 Å². The Morgan fingerprint density at radius 3 is 2.84 bits per heavy atom. The Morgan fingerprint density at radius 2 is 2.12 bits per heavy atom. The van der Waals surface area contributed by atoms with Crippen LogP contribution in [0.4, 0.5) is 0 Å². The molecule has 3 heterocycles. The molecule has 0 saturated heterocycles. The summed E-state index contributed by atoms with van der Waals surface area (Å²) in [5.41, 5.74) is 1.99. The maximum Gasteiger partial charge on any atom is 0.303 e. The minimum Gasteiger partial charge on any atom is -0.494 e. The molecule has 1 amide bonds. The summed E-state index contributed by atoms with van der Waals surface area (Å²) < 4.78 is 11.1. The molecule has 0 radical (unpaired) electrons. The van der Waals surface area contributed by atoms with Crippen LogP contribution in [0.5, 0.6) is 5.75 Å². The van der Waals surface area contributed by atoms with Crippen molar-refractivity contribution in [2.75, 3.05) is 6.61 Å². The normalized spacial score (nSPS) is 15.8. The summed E-state index contributed by atoms with van der Waals surface area (Å²) in [5, 5.41) is 15.9. The fourth-order valence-corrected chi connectivity index (χ4v) is 3.99. The van der Waals surface area contributed by atoms with Gasteiger partial charge in [0, 0.05) is 30.2 Å². The van der Waals surface area contributed by atoms with Crippen LogP contribution < -0.4 is 4.74 Å². The Kier molecular flexibility index (Phi) is 6.41. The largest absolute Gasteiger partial charge is 0.494 e. The highest BCUT2D eigenvalue weighted by molar-refractivity contribution is 6.30. The van der Waals surface area contributed by atoms with Gasteiger partial charge in [0.05, 0.1) is 24.4 Å². The molecule has 0 aliphatic carbocycles. The van der Waals surface area contributed by atoms with Crippen molar-refractivity contribution in [3.05, 3.63) is 59.1 Å². The van der Waals surface area contributed by atoms with Crippen LogP contribution in [0.15, 0.2) is 52.2 Å². The van der Waals surface area contributed by atoms with Crippen molar-refractivity contribution in [1.29, 1.82) is 0 Å². The number of carboxylic acid groups (broad SMARTS) is 1. The molecule has 3 aromatic rings. The van der Waals surface area contributed by atoms with Gasteiger partial charge in [0.15, 0.2) is 0 Å². The summed E-state index contributed by atoms with van der Waals surface area (Å²) in [6.45, 7) is 2.45. The van der Waals surface area contributed by atoms with Gasteiger partial charge in [0.25, 0.3) is 0 Å². The predicted octanol–water partition coefficient (Wildman–Crippen LogP) is 4.81. The van der Waals surface area contributed by atoms with Crippen LogP contribution in [0.25, 0.3) is 10.9 Å². The third kappa shape index (κ3) is 4.60. The number of carbonyl (C=O) groups is 2. The van der Waals surface area contributed by atoms with Gasteiger partial charge in [-0.25, -0.2) is 9.99 Å². The summed E-state index contributed by atoms with van der Waals surface area (Å²) in [6, 6.07) is 10.5. The highest BCUT2D eigenvalue weighted by atomic mass is 35.5. The summed E-state index contributed by atoms with van der Waals surface area (Å²) in [5.74, 6) is 0.0643. The van der Waals surface area contributed by atoms with E-state index in [9.17, 15) is 9.59 Å². The van der Waals surface area contributed by atoms with Gasteiger partial charge < -0.3 is 14.3 Å². The van der Waals surface area contributed by atoms with Crippen LogP contribution in [-0.4, -0.2) is 39.3 Å². The standard InChI is InChI=1S/C23H22ClN3O5/c1-2-31-15-8-9-17-14(11-15)12-16(23(24)25-17)19-13-18(20-5-4-10-32-20)26-27(19)21(28)6-3-7-22(29)30/h4-5,8-12,19H,2-3,6-7,13H2,1H3,(H,29,30). The summed E-state index contributed by atoms with van der Waals surface area (Å²) in [7, 11) is 0. The molecule has 1 unspecified atom stereocenters. The first-order valence-corrected chi connectivity index (χ1v) is 10.7. The van der Waals surface area contributed by atoms with Crippen LogP contribution in [-0.2, 0) is 9.59 Å². The van der Waals surface area contributed by atoms with Gasteiger partial charge in [-0.1, -0.05) is 11.6 Å². The minimum absolute atomic E-state index is 0.0604. The fourth-order valence-electron chi connectivity index (χ4n) is 3.72. The lowest BCUT2D eigenvalue weighted by Crippen LogP contribution is -2.27. The Balaban J connectivity index is 1.69. The van der Waals surface area contributed by atoms with Gasteiger partial charge >= 0.3 is 5.97 Å². The number of rotatable bonds is 8. The number of halogens is 1. The van der Waals surface area contributed by atoms with Crippen LogP contribution in [0.2, 0.25) is 5.15 Å². The highest BCUT2D eigenvalue weighted by Gasteiger charge is 2.35. The van der Waals surface area contributed by atoms with Crippen molar-refractivity contribution < 1.29 is 23.8 Å². The van der Waals surface area contributed by atoms with Gasteiger partial charge in [-0.3, -0.25) is 9.59 Å². The van der Waals surface area contributed by atoms with Crippen molar-refractivity contribution >= 4 is 40.1 Å². The number of carboxylic acids is 1. The maximum atomic E-state index is 13.0. The zero-order valence-electron chi connectivity index (χ0n) is 17.5. The molecule has 1 atom stereocenters. The quantitative estimate of drug-likeness (QED) is 0.488. The van der Waals surface area contributed by atoms with E-state index in [0.29, 0.717) is 35.6 Å². The number of ether oxygens (including phenoxy) is 1. The van der Waals surface area contributed by atoms with Crippen molar-refractivity contribution in [2.24, 2.45) is 5.10 Å². The number of carbonyl (C=O) groups excluding carboxylic acids is 1. The molecule has 1 N–H and O–H groups in total. The van der Waals surface area contributed by atoms with Crippen LogP contribution >= 0.6 is 11.6 Å². The molecule has 9 heteroatoms. The van der Waals surface area contributed by atoms with E-state index in [1.54, 1.807) is 18.4 Å². The number of hydrazone groups is 1. The first-order valence-electron chi connectivity index (χ1n) is 10.3. The molecule has 2 aromatic heterocycles.